The first kappa shape index (κ1) is 31.5. The number of ether oxygens (including phenoxy) is 3. The van der Waals surface area contributed by atoms with Crippen LogP contribution < -0.4 is 23.8 Å². The van der Waals surface area contributed by atoms with Gasteiger partial charge >= 0.3 is 5.97 Å². The van der Waals surface area contributed by atoms with E-state index in [2.05, 4.69) is 10.2 Å². The number of rotatable bonds is 14. The SMILES string of the molecule is CCOc1ccc(S(=O)(=O)N(CCCNC(=O)CC(=O)ON2C(=O)CCC2=O)c2cc(OC)c(Cl)cc2OC)cc1. The maximum Gasteiger partial charge on any atom is 0.342 e. The van der Waals surface area contributed by atoms with Crippen LogP contribution in [0.3, 0.4) is 0 Å². The predicted molar refractivity (Wildman–Crippen MR) is 146 cm³/mol. The lowest BCUT2D eigenvalue weighted by molar-refractivity contribution is -0.197. The number of anilines is 1. The molecule has 222 valence electrons. The molecule has 0 unspecified atom stereocenters. The number of imide groups is 1. The molecule has 2 aromatic rings. The lowest BCUT2D eigenvalue weighted by Crippen LogP contribution is -2.36. The smallest absolute Gasteiger partial charge is 0.342 e. The number of carbonyl (C=O) groups is 4. The van der Waals surface area contributed by atoms with E-state index in [9.17, 15) is 27.6 Å². The summed E-state index contributed by atoms with van der Waals surface area (Å²) >= 11 is 6.22. The number of sulfonamides is 1. The highest BCUT2D eigenvalue weighted by atomic mass is 35.5. The van der Waals surface area contributed by atoms with Crippen LogP contribution in [0, 0.1) is 0 Å². The third kappa shape index (κ3) is 7.79. The van der Waals surface area contributed by atoms with E-state index in [0.717, 1.165) is 4.31 Å². The maximum atomic E-state index is 13.8. The van der Waals surface area contributed by atoms with E-state index < -0.39 is 40.1 Å². The fourth-order valence-electron chi connectivity index (χ4n) is 3.85. The van der Waals surface area contributed by atoms with Gasteiger partial charge in [-0.25, -0.2) is 13.2 Å². The Labute approximate surface area is 242 Å². The lowest BCUT2D eigenvalue weighted by Gasteiger charge is -2.27. The number of carbonyl (C=O) groups excluding carboxylic acids is 4. The summed E-state index contributed by atoms with van der Waals surface area (Å²) in [5, 5.41) is 3.06. The van der Waals surface area contributed by atoms with Crippen molar-refractivity contribution in [3.63, 3.8) is 0 Å². The minimum Gasteiger partial charge on any atom is -0.495 e. The van der Waals surface area contributed by atoms with Crippen LogP contribution in [0.5, 0.6) is 17.2 Å². The average molecular weight is 612 g/mol. The van der Waals surface area contributed by atoms with Gasteiger partial charge in [0.15, 0.2) is 0 Å². The van der Waals surface area contributed by atoms with Crippen LogP contribution in [-0.4, -0.2) is 71.1 Å². The zero-order valence-electron chi connectivity index (χ0n) is 22.7. The van der Waals surface area contributed by atoms with Crippen LogP contribution in [0.25, 0.3) is 0 Å². The first-order valence-corrected chi connectivity index (χ1v) is 14.3. The molecule has 15 heteroatoms. The second kappa shape index (κ2) is 14.0. The summed E-state index contributed by atoms with van der Waals surface area (Å²) in [6.45, 7) is 2.09. The van der Waals surface area contributed by atoms with Crippen molar-refractivity contribution in [1.82, 2.24) is 10.4 Å². The molecule has 2 aromatic carbocycles. The Morgan fingerprint density at radius 2 is 1.66 bits per heavy atom. The summed E-state index contributed by atoms with van der Waals surface area (Å²) in [5.74, 6) is -2.24. The summed E-state index contributed by atoms with van der Waals surface area (Å²) < 4.78 is 44.8. The number of methoxy groups -OCH3 is 2. The van der Waals surface area contributed by atoms with E-state index in [1.165, 1.54) is 50.6 Å². The molecule has 13 nitrogen and oxygen atoms in total. The number of nitrogens with one attached hydrogen (secondary N) is 1. The van der Waals surface area contributed by atoms with Crippen molar-refractivity contribution in [3.8, 4) is 17.2 Å². The normalized spacial score (nSPS) is 13.1. The average Bonchev–Trinajstić information content (AvgIpc) is 3.25. The van der Waals surface area contributed by atoms with Crippen molar-refractivity contribution in [1.29, 1.82) is 0 Å². The molecular formula is C26H30ClN3O10S. The summed E-state index contributed by atoms with van der Waals surface area (Å²) in [7, 11) is -1.40. The molecule has 3 amide bonds. The molecule has 0 spiro atoms. The molecule has 0 aliphatic carbocycles. The Morgan fingerprint density at radius 3 is 2.24 bits per heavy atom. The highest BCUT2D eigenvalue weighted by molar-refractivity contribution is 7.92. The highest BCUT2D eigenvalue weighted by Crippen LogP contribution is 2.40. The van der Waals surface area contributed by atoms with Crippen molar-refractivity contribution in [2.45, 2.75) is 37.5 Å². The van der Waals surface area contributed by atoms with E-state index in [1.54, 1.807) is 0 Å². The molecule has 1 N–H and O–H groups in total. The molecule has 0 bridgehead atoms. The van der Waals surface area contributed by atoms with Crippen LogP contribution in [0.1, 0.15) is 32.6 Å². The zero-order valence-corrected chi connectivity index (χ0v) is 24.2. The standard InChI is InChI=1S/C26H30ClN3O10S/c1-4-39-17-6-8-18(9-7-17)41(35,36)29(20-15-21(37-2)19(27)14-22(20)38-3)13-5-12-28-23(31)16-26(34)40-30-24(32)10-11-25(30)33/h6-9,14-15H,4-5,10-13,16H2,1-3H3,(H,28,31). The van der Waals surface area contributed by atoms with Gasteiger partial charge in [0.05, 0.1) is 36.4 Å². The van der Waals surface area contributed by atoms with Gasteiger partial charge < -0.3 is 24.4 Å². The first-order chi connectivity index (χ1) is 19.5. The Kier molecular flexibility index (Phi) is 10.8. The van der Waals surface area contributed by atoms with Crippen LogP contribution in [0.15, 0.2) is 41.3 Å². The van der Waals surface area contributed by atoms with Crippen molar-refractivity contribution < 1.29 is 46.6 Å². The quantitative estimate of drug-likeness (QED) is 0.191. The molecule has 0 radical (unpaired) electrons. The monoisotopic (exact) mass is 611 g/mol. The summed E-state index contributed by atoms with van der Waals surface area (Å²) in [6.07, 6.45) is -0.765. The summed E-state index contributed by atoms with van der Waals surface area (Å²) in [5.41, 5.74) is 0.150. The zero-order chi connectivity index (χ0) is 30.2. The van der Waals surface area contributed by atoms with Gasteiger partial charge in [-0.1, -0.05) is 11.6 Å². The van der Waals surface area contributed by atoms with E-state index >= 15 is 0 Å². The Balaban J connectivity index is 1.74. The van der Waals surface area contributed by atoms with Gasteiger partial charge in [-0.05, 0) is 37.6 Å². The molecule has 0 atom stereocenters. The third-order valence-electron chi connectivity index (χ3n) is 5.81. The minimum absolute atomic E-state index is 0.0178. The van der Waals surface area contributed by atoms with Crippen LogP contribution in [0.4, 0.5) is 5.69 Å². The van der Waals surface area contributed by atoms with E-state index in [-0.39, 0.29) is 59.5 Å². The molecule has 1 heterocycles. The van der Waals surface area contributed by atoms with Gasteiger partial charge in [0.25, 0.3) is 21.8 Å². The molecule has 41 heavy (non-hydrogen) atoms. The second-order valence-corrected chi connectivity index (χ2v) is 10.8. The van der Waals surface area contributed by atoms with Gasteiger partial charge in [0.1, 0.15) is 23.7 Å². The number of hydrogen-bond acceptors (Lipinski definition) is 10. The number of hydrogen-bond donors (Lipinski definition) is 1. The van der Waals surface area contributed by atoms with Crippen molar-refractivity contribution in [2.24, 2.45) is 0 Å². The van der Waals surface area contributed by atoms with Gasteiger partial charge in [0, 0.05) is 38.1 Å². The Bertz CT molecular complexity index is 1380. The number of halogens is 1. The molecule has 1 aliphatic heterocycles. The molecule has 1 saturated heterocycles. The van der Waals surface area contributed by atoms with E-state index in [4.69, 9.17) is 25.8 Å². The first-order valence-electron chi connectivity index (χ1n) is 12.5. The Morgan fingerprint density at radius 1 is 1.02 bits per heavy atom. The fourth-order valence-corrected chi connectivity index (χ4v) is 5.58. The van der Waals surface area contributed by atoms with Gasteiger partial charge in [-0.2, -0.15) is 0 Å². The van der Waals surface area contributed by atoms with Crippen molar-refractivity contribution >= 4 is 51.0 Å². The largest absolute Gasteiger partial charge is 0.495 e. The predicted octanol–water partition coefficient (Wildman–Crippen LogP) is 2.45. The molecule has 1 aliphatic rings. The number of amides is 3. The minimum atomic E-state index is -4.16. The molecule has 3 rings (SSSR count). The molecular weight excluding hydrogens is 582 g/mol. The van der Waals surface area contributed by atoms with Crippen LogP contribution in [-0.2, 0) is 34.0 Å². The number of nitrogens with zero attached hydrogens (tertiary/aromatic N) is 2. The highest BCUT2D eigenvalue weighted by Gasteiger charge is 2.33. The lowest BCUT2D eigenvalue weighted by atomic mass is 10.2. The van der Waals surface area contributed by atoms with Crippen LogP contribution >= 0.6 is 11.6 Å². The fraction of sp³-hybridized carbons (Fsp3) is 0.385. The molecule has 1 fully saturated rings. The van der Waals surface area contributed by atoms with E-state index in [0.29, 0.717) is 17.4 Å². The number of benzene rings is 2. The van der Waals surface area contributed by atoms with Crippen LogP contribution in [0.2, 0.25) is 5.02 Å². The summed E-state index contributed by atoms with van der Waals surface area (Å²) in [6, 6.07) is 8.77. The van der Waals surface area contributed by atoms with Crippen molar-refractivity contribution in [3.05, 3.63) is 41.4 Å². The summed E-state index contributed by atoms with van der Waals surface area (Å²) in [4.78, 5) is 52.0. The topological polar surface area (TPSA) is 158 Å². The number of hydroxylamine groups is 2. The van der Waals surface area contributed by atoms with E-state index in [1.807, 2.05) is 6.92 Å². The van der Waals surface area contributed by atoms with Gasteiger partial charge in [-0.15, -0.1) is 5.06 Å². The van der Waals surface area contributed by atoms with Crippen molar-refractivity contribution in [2.75, 3.05) is 38.2 Å². The Hall–Kier alpha value is -4.04. The second-order valence-electron chi connectivity index (χ2n) is 8.57. The third-order valence-corrected chi connectivity index (χ3v) is 7.93. The maximum absolute atomic E-state index is 13.8. The van der Waals surface area contributed by atoms with Gasteiger partial charge in [0.2, 0.25) is 5.91 Å². The van der Waals surface area contributed by atoms with Gasteiger partial charge in [-0.3, -0.25) is 18.7 Å². The molecule has 0 saturated carbocycles. The molecule has 0 aromatic heterocycles.